The van der Waals surface area contributed by atoms with Gasteiger partial charge in [0.1, 0.15) is 5.57 Å². The first kappa shape index (κ1) is 22.3. The van der Waals surface area contributed by atoms with E-state index in [-0.39, 0.29) is 5.57 Å². The van der Waals surface area contributed by atoms with Crippen molar-refractivity contribution in [2.45, 2.75) is 27.7 Å². The molecule has 4 aromatic rings. The van der Waals surface area contributed by atoms with Crippen LogP contribution in [0.25, 0.3) is 22.7 Å². The lowest BCUT2D eigenvalue weighted by Crippen LogP contribution is -2.54. The van der Waals surface area contributed by atoms with Crippen LogP contribution in [0.4, 0.5) is 10.5 Å². The molecule has 0 bridgehead atoms. The number of hydrogen-bond donors (Lipinski definition) is 1. The Bertz CT molecular complexity index is 1560. The zero-order valence-corrected chi connectivity index (χ0v) is 19.9. The molecule has 35 heavy (non-hydrogen) atoms. The quantitative estimate of drug-likeness (QED) is 0.344. The van der Waals surface area contributed by atoms with Gasteiger partial charge in [-0.25, -0.2) is 9.69 Å². The molecule has 0 saturated carbocycles. The third-order valence-corrected chi connectivity index (χ3v) is 6.18. The molecule has 1 saturated heterocycles. The van der Waals surface area contributed by atoms with Gasteiger partial charge in [-0.2, -0.15) is 0 Å². The average molecular weight is 465 g/mol. The Morgan fingerprint density at radius 3 is 2.34 bits per heavy atom. The second kappa shape index (κ2) is 8.36. The van der Waals surface area contributed by atoms with Crippen LogP contribution in [0.3, 0.4) is 0 Å². The number of amides is 4. The lowest BCUT2D eigenvalue weighted by atomic mass is 10.1. The summed E-state index contributed by atoms with van der Waals surface area (Å²) < 4.78 is 2.07. The first-order valence-corrected chi connectivity index (χ1v) is 11.3. The summed E-state index contributed by atoms with van der Waals surface area (Å²) in [5.41, 5.74) is 6.57. The number of nitrogens with one attached hydrogen (secondary N) is 1. The van der Waals surface area contributed by atoms with Gasteiger partial charge in [0.15, 0.2) is 0 Å². The normalized spacial score (nSPS) is 15.3. The maximum atomic E-state index is 13.4. The van der Waals surface area contributed by atoms with Crippen LogP contribution in [0.15, 0.2) is 66.4 Å². The number of anilines is 1. The molecule has 174 valence electrons. The maximum Gasteiger partial charge on any atom is 0.335 e. The van der Waals surface area contributed by atoms with E-state index in [2.05, 4.69) is 20.9 Å². The van der Waals surface area contributed by atoms with E-state index in [1.165, 1.54) is 0 Å². The van der Waals surface area contributed by atoms with Crippen LogP contribution >= 0.6 is 0 Å². The molecule has 0 radical (unpaired) electrons. The molecule has 1 aliphatic rings. The highest BCUT2D eigenvalue weighted by atomic mass is 16.2. The topological polar surface area (TPSA) is 84.3 Å². The van der Waals surface area contributed by atoms with Crippen molar-refractivity contribution in [2.75, 3.05) is 4.90 Å². The number of barbiturate groups is 1. The fraction of sp³-hybridized carbons (Fsp3) is 0.143. The first-order chi connectivity index (χ1) is 16.7. The van der Waals surface area contributed by atoms with Gasteiger partial charge in [0.2, 0.25) is 0 Å². The minimum Gasteiger partial charge on any atom is -0.318 e. The Morgan fingerprint density at radius 2 is 1.60 bits per heavy atom. The summed E-state index contributed by atoms with van der Waals surface area (Å²) in [5.74, 6) is -1.35. The molecule has 0 unspecified atom stereocenters. The van der Waals surface area contributed by atoms with E-state index in [1.54, 1.807) is 24.4 Å². The monoisotopic (exact) mass is 464 g/mol. The number of fused-ring (bicyclic) bond motifs is 1. The number of benzene rings is 2. The van der Waals surface area contributed by atoms with Gasteiger partial charge in [-0.15, -0.1) is 0 Å². The number of hydrogen-bond acceptors (Lipinski definition) is 4. The molecule has 2 aromatic heterocycles. The molecule has 1 fully saturated rings. The van der Waals surface area contributed by atoms with Gasteiger partial charge in [0.25, 0.3) is 11.8 Å². The van der Waals surface area contributed by atoms with Crippen LogP contribution in [0.2, 0.25) is 0 Å². The minimum absolute atomic E-state index is 0.0910. The third kappa shape index (κ3) is 3.91. The highest BCUT2D eigenvalue weighted by molar-refractivity contribution is 6.39. The molecule has 0 spiro atoms. The Labute approximate surface area is 202 Å². The van der Waals surface area contributed by atoms with Crippen molar-refractivity contribution in [1.29, 1.82) is 0 Å². The number of aromatic nitrogens is 2. The smallest absolute Gasteiger partial charge is 0.318 e. The predicted octanol–water partition coefficient (Wildman–Crippen LogP) is 4.93. The molecule has 0 atom stereocenters. The molecule has 4 amide bonds. The fourth-order valence-corrected chi connectivity index (χ4v) is 4.66. The van der Waals surface area contributed by atoms with Gasteiger partial charge >= 0.3 is 6.03 Å². The molecule has 5 rings (SSSR count). The summed E-state index contributed by atoms with van der Waals surface area (Å²) >= 11 is 0. The molecule has 0 aliphatic carbocycles. The lowest BCUT2D eigenvalue weighted by Gasteiger charge is -2.27. The summed E-state index contributed by atoms with van der Waals surface area (Å²) in [6.07, 6.45) is 3.32. The SMILES string of the molecule is Cc1cc(C)cc(N2C(=O)NC(=O)/C(=C\c3cc(C)n(-c4ccc5ncccc5c4)c3C)C2=O)c1. The lowest BCUT2D eigenvalue weighted by molar-refractivity contribution is -0.122. The van der Waals surface area contributed by atoms with Crippen molar-refractivity contribution >= 4 is 40.5 Å². The fourth-order valence-electron chi connectivity index (χ4n) is 4.66. The zero-order chi connectivity index (χ0) is 24.9. The molecular formula is C28H24N4O3. The van der Waals surface area contributed by atoms with Crippen LogP contribution in [0.1, 0.15) is 28.1 Å². The molecule has 3 heterocycles. The number of carbonyl (C=O) groups excluding carboxylic acids is 3. The summed E-state index contributed by atoms with van der Waals surface area (Å²) in [7, 11) is 0. The van der Waals surface area contributed by atoms with Crippen molar-refractivity contribution < 1.29 is 14.4 Å². The van der Waals surface area contributed by atoms with Crippen molar-refractivity contribution in [3.8, 4) is 5.69 Å². The van der Waals surface area contributed by atoms with E-state index in [4.69, 9.17) is 0 Å². The van der Waals surface area contributed by atoms with E-state index < -0.39 is 17.8 Å². The van der Waals surface area contributed by atoms with Crippen LogP contribution in [-0.4, -0.2) is 27.4 Å². The number of carbonyl (C=O) groups is 3. The second-order valence-electron chi connectivity index (χ2n) is 8.85. The van der Waals surface area contributed by atoms with Gasteiger partial charge < -0.3 is 4.57 Å². The van der Waals surface area contributed by atoms with Crippen molar-refractivity contribution in [3.05, 3.63) is 94.4 Å². The van der Waals surface area contributed by atoms with E-state index in [1.807, 2.05) is 64.1 Å². The largest absolute Gasteiger partial charge is 0.335 e. The number of aryl methyl sites for hydroxylation is 3. The Kier molecular flexibility index (Phi) is 5.32. The van der Waals surface area contributed by atoms with Gasteiger partial charge in [-0.05, 0) is 92.9 Å². The zero-order valence-electron chi connectivity index (χ0n) is 19.9. The van der Waals surface area contributed by atoms with Crippen molar-refractivity contribution in [1.82, 2.24) is 14.9 Å². The van der Waals surface area contributed by atoms with E-state index in [9.17, 15) is 14.4 Å². The molecule has 1 aliphatic heterocycles. The number of pyridine rings is 1. The van der Waals surface area contributed by atoms with E-state index in [0.717, 1.165) is 49.6 Å². The average Bonchev–Trinajstić information content (AvgIpc) is 3.08. The Hall–Kier alpha value is -4.52. The van der Waals surface area contributed by atoms with Gasteiger partial charge in [0.05, 0.1) is 11.2 Å². The summed E-state index contributed by atoms with van der Waals surface area (Å²) in [5, 5.41) is 3.32. The molecule has 7 nitrogen and oxygen atoms in total. The molecule has 7 heteroatoms. The standard InChI is InChI=1S/C28H24N4O3/c1-16-10-17(2)12-23(11-16)32-27(34)24(26(33)30-28(32)35)15-21-13-18(3)31(19(21)4)22-7-8-25-20(14-22)6-5-9-29-25/h5-15H,1-4H3,(H,30,33,35)/b24-15+. The minimum atomic E-state index is -0.752. The number of urea groups is 1. The summed E-state index contributed by atoms with van der Waals surface area (Å²) in [6.45, 7) is 7.69. The predicted molar refractivity (Wildman–Crippen MR) is 135 cm³/mol. The molecular weight excluding hydrogens is 440 g/mol. The molecule has 1 N–H and O–H groups in total. The number of rotatable bonds is 3. The van der Waals surface area contributed by atoms with Crippen molar-refractivity contribution in [3.63, 3.8) is 0 Å². The second-order valence-corrected chi connectivity index (χ2v) is 8.85. The van der Waals surface area contributed by atoms with Crippen LogP contribution in [-0.2, 0) is 9.59 Å². The summed E-state index contributed by atoms with van der Waals surface area (Å²) in [4.78, 5) is 44.0. The van der Waals surface area contributed by atoms with Gasteiger partial charge in [0, 0.05) is 28.7 Å². The summed E-state index contributed by atoms with van der Waals surface area (Å²) in [6, 6.07) is 16.5. The van der Waals surface area contributed by atoms with E-state index in [0.29, 0.717) is 5.69 Å². The Morgan fingerprint density at radius 1 is 0.857 bits per heavy atom. The number of nitrogens with zero attached hydrogens (tertiary/aromatic N) is 3. The van der Waals surface area contributed by atoms with Crippen LogP contribution in [0.5, 0.6) is 0 Å². The van der Waals surface area contributed by atoms with Gasteiger partial charge in [-0.1, -0.05) is 12.1 Å². The van der Waals surface area contributed by atoms with Crippen molar-refractivity contribution in [2.24, 2.45) is 0 Å². The highest BCUT2D eigenvalue weighted by Gasteiger charge is 2.37. The highest BCUT2D eigenvalue weighted by Crippen LogP contribution is 2.28. The number of imide groups is 2. The third-order valence-electron chi connectivity index (χ3n) is 6.18. The first-order valence-electron chi connectivity index (χ1n) is 11.3. The maximum absolute atomic E-state index is 13.4. The molecule has 2 aromatic carbocycles. The van der Waals surface area contributed by atoms with Crippen LogP contribution < -0.4 is 10.2 Å². The van der Waals surface area contributed by atoms with Crippen LogP contribution in [0, 0.1) is 27.7 Å². The Balaban J connectivity index is 1.57. The van der Waals surface area contributed by atoms with Gasteiger partial charge in [-0.3, -0.25) is 19.9 Å². The van der Waals surface area contributed by atoms with E-state index >= 15 is 0 Å².